The second-order valence-corrected chi connectivity index (χ2v) is 6.89. The molecule has 0 amide bonds. The van der Waals surface area contributed by atoms with Gasteiger partial charge in [-0.25, -0.2) is 4.79 Å². The van der Waals surface area contributed by atoms with Crippen molar-refractivity contribution >= 4 is 35.6 Å². The molecular formula is C22H31ClN4O2. The number of hydrogen-bond donors (Lipinski definition) is 4. The molecule has 0 bridgehead atoms. The van der Waals surface area contributed by atoms with Crippen molar-refractivity contribution in [3.63, 3.8) is 0 Å². The number of nitrogen functional groups attached to an aromatic ring is 1. The second kappa shape index (κ2) is 11.3. The zero-order valence-electron chi connectivity index (χ0n) is 17.4. The minimum Gasteiger partial charge on any atom is -0.464 e. The molecule has 158 valence electrons. The number of carbonyl (C=O) groups excluding carboxylic acids is 1. The van der Waals surface area contributed by atoms with Gasteiger partial charge in [-0.15, -0.1) is 12.4 Å². The van der Waals surface area contributed by atoms with Crippen LogP contribution in [0.1, 0.15) is 50.4 Å². The van der Waals surface area contributed by atoms with Crippen LogP contribution in [0.25, 0.3) is 0 Å². The molecule has 0 aromatic heterocycles. The highest BCUT2D eigenvalue weighted by atomic mass is 35.5. The van der Waals surface area contributed by atoms with E-state index in [1.54, 1.807) is 31.2 Å². The van der Waals surface area contributed by atoms with Crippen LogP contribution < -0.4 is 16.4 Å². The number of benzene rings is 2. The first-order valence-electron chi connectivity index (χ1n) is 9.62. The van der Waals surface area contributed by atoms with Crippen molar-refractivity contribution in [1.82, 2.24) is 0 Å². The number of hydrogen-bond acceptors (Lipinski definition) is 5. The van der Waals surface area contributed by atoms with Crippen molar-refractivity contribution in [2.75, 3.05) is 17.2 Å². The molecule has 1 atom stereocenters. The standard InChI is InChI=1S/C22H30N4O2.ClH/c1-5-15-13-17(9-12-19(15)25-14(3)4)20(22(27)28-6-2)26-18-10-7-16(8-11-18)21(23)24;/h7-14,20,25-26H,5-6H2,1-4H3,(H3,23,24);1H. The van der Waals surface area contributed by atoms with Crippen molar-refractivity contribution in [3.8, 4) is 0 Å². The average Bonchev–Trinajstić information content (AvgIpc) is 2.66. The fourth-order valence-electron chi connectivity index (χ4n) is 2.95. The van der Waals surface area contributed by atoms with Crippen molar-refractivity contribution in [2.45, 2.75) is 46.2 Å². The van der Waals surface area contributed by atoms with E-state index in [1.807, 2.05) is 18.2 Å². The fourth-order valence-corrected chi connectivity index (χ4v) is 2.95. The third kappa shape index (κ3) is 6.68. The normalized spacial score (nSPS) is 11.3. The number of aryl methyl sites for hydroxylation is 1. The Balaban J connectivity index is 0.00000420. The van der Waals surface area contributed by atoms with Crippen LogP contribution in [0.15, 0.2) is 42.5 Å². The van der Waals surface area contributed by atoms with Gasteiger partial charge in [0.15, 0.2) is 6.04 Å². The third-order valence-electron chi connectivity index (χ3n) is 4.32. The highest BCUT2D eigenvalue weighted by Gasteiger charge is 2.23. The summed E-state index contributed by atoms with van der Waals surface area (Å²) in [5.74, 6) is -0.320. The molecule has 7 heteroatoms. The summed E-state index contributed by atoms with van der Waals surface area (Å²) in [7, 11) is 0. The molecule has 0 aliphatic carbocycles. The van der Waals surface area contributed by atoms with E-state index >= 15 is 0 Å². The molecule has 0 fully saturated rings. The Morgan fingerprint density at radius 2 is 1.76 bits per heavy atom. The van der Waals surface area contributed by atoms with Crippen molar-refractivity contribution in [1.29, 1.82) is 5.41 Å². The molecular weight excluding hydrogens is 388 g/mol. The lowest BCUT2D eigenvalue weighted by atomic mass is 10.00. The molecule has 0 spiro atoms. The summed E-state index contributed by atoms with van der Waals surface area (Å²) >= 11 is 0. The topological polar surface area (TPSA) is 100 Å². The molecule has 0 aliphatic heterocycles. The minimum absolute atomic E-state index is 0. The van der Waals surface area contributed by atoms with Gasteiger partial charge in [0, 0.05) is 23.0 Å². The molecule has 5 N–H and O–H groups in total. The molecule has 2 rings (SSSR count). The maximum atomic E-state index is 12.6. The van der Waals surface area contributed by atoms with E-state index in [0.717, 1.165) is 28.9 Å². The van der Waals surface area contributed by atoms with Crippen LogP contribution in [0, 0.1) is 5.41 Å². The van der Waals surface area contributed by atoms with Crippen LogP contribution in [0.5, 0.6) is 0 Å². The maximum Gasteiger partial charge on any atom is 0.333 e. The Morgan fingerprint density at radius 3 is 2.28 bits per heavy atom. The van der Waals surface area contributed by atoms with Crippen LogP contribution in [0.4, 0.5) is 11.4 Å². The molecule has 0 saturated heterocycles. The van der Waals surface area contributed by atoms with Crippen LogP contribution in [0.2, 0.25) is 0 Å². The van der Waals surface area contributed by atoms with E-state index < -0.39 is 6.04 Å². The summed E-state index contributed by atoms with van der Waals surface area (Å²) in [6.45, 7) is 8.40. The number of halogens is 1. The first kappa shape index (κ1) is 24.3. The lowest BCUT2D eigenvalue weighted by Gasteiger charge is -2.21. The monoisotopic (exact) mass is 418 g/mol. The van der Waals surface area contributed by atoms with Gasteiger partial charge in [-0.2, -0.15) is 0 Å². The zero-order chi connectivity index (χ0) is 20.7. The lowest BCUT2D eigenvalue weighted by molar-refractivity contribution is -0.144. The Bertz CT molecular complexity index is 822. The zero-order valence-corrected chi connectivity index (χ0v) is 18.2. The number of anilines is 2. The van der Waals surface area contributed by atoms with Crippen LogP contribution >= 0.6 is 12.4 Å². The number of carbonyl (C=O) groups is 1. The smallest absolute Gasteiger partial charge is 0.333 e. The summed E-state index contributed by atoms with van der Waals surface area (Å²) in [4.78, 5) is 12.6. The number of amidine groups is 1. The molecule has 0 radical (unpaired) electrons. The van der Waals surface area contributed by atoms with E-state index in [4.69, 9.17) is 15.9 Å². The minimum atomic E-state index is -0.624. The first-order chi connectivity index (χ1) is 13.3. The molecule has 0 heterocycles. The molecule has 0 aliphatic rings. The van der Waals surface area contributed by atoms with Crippen LogP contribution in [-0.2, 0) is 16.0 Å². The molecule has 0 saturated carbocycles. The van der Waals surface area contributed by atoms with E-state index in [2.05, 4.69) is 31.4 Å². The van der Waals surface area contributed by atoms with E-state index in [0.29, 0.717) is 18.2 Å². The second-order valence-electron chi connectivity index (χ2n) is 6.89. The number of ether oxygens (including phenoxy) is 1. The van der Waals surface area contributed by atoms with Crippen LogP contribution in [0.3, 0.4) is 0 Å². The van der Waals surface area contributed by atoms with Gasteiger partial charge in [-0.3, -0.25) is 5.41 Å². The van der Waals surface area contributed by atoms with E-state index in [-0.39, 0.29) is 24.2 Å². The SMILES string of the molecule is CCOC(=O)C(Nc1ccc(C(=N)N)cc1)c1ccc(NC(C)C)c(CC)c1.Cl. The highest BCUT2D eigenvalue weighted by Crippen LogP contribution is 2.27. The van der Waals surface area contributed by atoms with E-state index in [9.17, 15) is 4.79 Å². The third-order valence-corrected chi connectivity index (χ3v) is 4.32. The Morgan fingerprint density at radius 1 is 1.10 bits per heavy atom. The molecule has 2 aromatic rings. The summed E-state index contributed by atoms with van der Waals surface area (Å²) in [5, 5.41) is 14.2. The predicted octanol–water partition coefficient (Wildman–Crippen LogP) is 4.49. The average molecular weight is 419 g/mol. The Labute approximate surface area is 179 Å². The molecule has 1 unspecified atom stereocenters. The first-order valence-corrected chi connectivity index (χ1v) is 9.62. The van der Waals surface area contributed by atoms with Gasteiger partial charge in [0.05, 0.1) is 6.61 Å². The summed E-state index contributed by atoms with van der Waals surface area (Å²) in [6.07, 6.45) is 0.853. The van der Waals surface area contributed by atoms with E-state index in [1.165, 1.54) is 0 Å². The number of nitrogens with two attached hydrogens (primary N) is 1. The fraction of sp³-hybridized carbons (Fsp3) is 0.364. The number of esters is 1. The quantitative estimate of drug-likeness (QED) is 0.273. The van der Waals surface area contributed by atoms with Crippen molar-refractivity contribution < 1.29 is 9.53 Å². The largest absolute Gasteiger partial charge is 0.464 e. The Kier molecular flexibility index (Phi) is 9.48. The van der Waals surface area contributed by atoms with Crippen molar-refractivity contribution in [3.05, 3.63) is 59.2 Å². The van der Waals surface area contributed by atoms with Gasteiger partial charge in [0.1, 0.15) is 5.84 Å². The number of nitrogens with one attached hydrogen (secondary N) is 3. The van der Waals surface area contributed by atoms with Crippen molar-refractivity contribution in [2.24, 2.45) is 5.73 Å². The van der Waals surface area contributed by atoms with Gasteiger partial charge in [-0.05, 0) is 68.7 Å². The summed E-state index contributed by atoms with van der Waals surface area (Å²) in [5.41, 5.74) is 9.97. The highest BCUT2D eigenvalue weighted by molar-refractivity contribution is 5.95. The molecule has 29 heavy (non-hydrogen) atoms. The predicted molar refractivity (Wildman–Crippen MR) is 122 cm³/mol. The summed E-state index contributed by atoms with van der Waals surface area (Å²) in [6, 6.07) is 12.8. The lowest BCUT2D eigenvalue weighted by Crippen LogP contribution is -2.24. The Hall–Kier alpha value is -2.73. The van der Waals surface area contributed by atoms with Gasteiger partial charge in [0.2, 0.25) is 0 Å². The van der Waals surface area contributed by atoms with Gasteiger partial charge in [0.25, 0.3) is 0 Å². The van der Waals surface area contributed by atoms with Gasteiger partial charge < -0.3 is 21.1 Å². The molecule has 2 aromatic carbocycles. The molecule has 6 nitrogen and oxygen atoms in total. The van der Waals surface area contributed by atoms with Crippen LogP contribution in [-0.4, -0.2) is 24.5 Å². The van der Waals surface area contributed by atoms with Gasteiger partial charge in [-0.1, -0.05) is 19.1 Å². The summed E-state index contributed by atoms with van der Waals surface area (Å²) < 4.78 is 5.29. The number of rotatable bonds is 9. The maximum absolute atomic E-state index is 12.6. The van der Waals surface area contributed by atoms with Gasteiger partial charge >= 0.3 is 5.97 Å².